The highest BCUT2D eigenvalue weighted by atomic mass is 16.5. The van der Waals surface area contributed by atoms with Gasteiger partial charge in [-0.1, -0.05) is 19.4 Å². The summed E-state index contributed by atoms with van der Waals surface area (Å²) in [5.74, 6) is 0.241. The molecule has 1 unspecified atom stereocenters. The van der Waals surface area contributed by atoms with E-state index < -0.39 is 0 Å². The van der Waals surface area contributed by atoms with E-state index in [9.17, 15) is 4.79 Å². The highest BCUT2D eigenvalue weighted by molar-refractivity contribution is 5.99. The van der Waals surface area contributed by atoms with Crippen LogP contribution in [0, 0.1) is 0 Å². The van der Waals surface area contributed by atoms with Crippen LogP contribution in [0.15, 0.2) is 11.6 Å². The predicted octanol–water partition coefficient (Wildman–Crippen LogP) is 2.17. The zero-order chi connectivity index (χ0) is 12.1. The molecule has 0 bridgehead atoms. The molecule has 3 nitrogen and oxygen atoms in total. The second-order valence-corrected chi connectivity index (χ2v) is 4.95. The summed E-state index contributed by atoms with van der Waals surface area (Å²) in [4.78, 5) is 14.6. The molecule has 1 saturated heterocycles. The van der Waals surface area contributed by atoms with Crippen molar-refractivity contribution < 1.29 is 9.53 Å². The van der Waals surface area contributed by atoms with E-state index in [0.29, 0.717) is 6.61 Å². The van der Waals surface area contributed by atoms with Gasteiger partial charge in [-0.3, -0.25) is 9.69 Å². The van der Waals surface area contributed by atoms with Gasteiger partial charge in [0, 0.05) is 13.1 Å². The summed E-state index contributed by atoms with van der Waals surface area (Å²) in [5.41, 5.74) is 1.02. The van der Waals surface area contributed by atoms with Crippen LogP contribution in [0.3, 0.4) is 0 Å². The largest absolute Gasteiger partial charge is 0.367 e. The molecule has 0 N–H and O–H groups in total. The Balaban J connectivity index is 1.96. The van der Waals surface area contributed by atoms with Gasteiger partial charge in [0.25, 0.3) is 0 Å². The minimum atomic E-state index is -0.215. The third-order valence-corrected chi connectivity index (χ3v) is 3.75. The second-order valence-electron chi connectivity index (χ2n) is 4.95. The lowest BCUT2D eigenvalue weighted by Gasteiger charge is -2.31. The van der Waals surface area contributed by atoms with Crippen LogP contribution in [0.25, 0.3) is 0 Å². The standard InChI is InChI=1S/C14H23NO2/c1-2-15-9-10-17-13(11-15)14(16)12-7-5-3-4-6-8-12/h7,13H,2-6,8-11H2,1H3. The van der Waals surface area contributed by atoms with Gasteiger partial charge in [-0.25, -0.2) is 0 Å². The molecular formula is C14H23NO2. The number of nitrogens with zero attached hydrogens (tertiary/aromatic N) is 1. The molecule has 0 aromatic carbocycles. The SMILES string of the molecule is CCN1CCOC(C(=O)C2=CCCCCC2)C1. The Kier molecular flexibility index (Phi) is 4.75. The van der Waals surface area contributed by atoms with Gasteiger partial charge >= 0.3 is 0 Å². The molecule has 2 rings (SSSR count). The summed E-state index contributed by atoms with van der Waals surface area (Å²) in [6.45, 7) is 5.56. The number of morpholine rings is 1. The number of carbonyl (C=O) groups excluding carboxylic acids is 1. The second kappa shape index (κ2) is 6.31. The predicted molar refractivity (Wildman–Crippen MR) is 68.0 cm³/mol. The van der Waals surface area contributed by atoms with E-state index in [2.05, 4.69) is 17.9 Å². The van der Waals surface area contributed by atoms with Crippen molar-refractivity contribution in [3.63, 3.8) is 0 Å². The Morgan fingerprint density at radius 2 is 2.35 bits per heavy atom. The Morgan fingerprint density at radius 3 is 3.18 bits per heavy atom. The Morgan fingerprint density at radius 1 is 1.47 bits per heavy atom. The molecule has 96 valence electrons. The van der Waals surface area contributed by atoms with Crippen LogP contribution in [-0.2, 0) is 9.53 Å². The number of carbonyl (C=O) groups is 1. The van der Waals surface area contributed by atoms with Crippen LogP contribution in [0.2, 0.25) is 0 Å². The smallest absolute Gasteiger partial charge is 0.188 e. The number of Topliss-reactive ketones (excluding diaryl/α,β-unsaturated/α-hetero) is 1. The molecule has 1 fully saturated rings. The van der Waals surface area contributed by atoms with Crippen LogP contribution in [-0.4, -0.2) is 43.0 Å². The van der Waals surface area contributed by atoms with Gasteiger partial charge in [-0.05, 0) is 37.8 Å². The third-order valence-electron chi connectivity index (χ3n) is 3.75. The van der Waals surface area contributed by atoms with E-state index in [1.54, 1.807) is 0 Å². The normalized spacial score (nSPS) is 27.4. The van der Waals surface area contributed by atoms with Gasteiger partial charge in [-0.15, -0.1) is 0 Å². The first-order valence-electron chi connectivity index (χ1n) is 6.88. The van der Waals surface area contributed by atoms with E-state index >= 15 is 0 Å². The Hall–Kier alpha value is -0.670. The number of ketones is 1. The summed E-state index contributed by atoms with van der Waals surface area (Å²) >= 11 is 0. The number of likely N-dealkylation sites (N-methyl/N-ethyl adjacent to an activating group) is 1. The van der Waals surface area contributed by atoms with Crippen LogP contribution in [0.5, 0.6) is 0 Å². The van der Waals surface area contributed by atoms with Gasteiger partial charge in [0.15, 0.2) is 5.78 Å². The summed E-state index contributed by atoms with van der Waals surface area (Å²) in [6, 6.07) is 0. The fourth-order valence-corrected chi connectivity index (χ4v) is 2.59. The van der Waals surface area contributed by atoms with E-state index in [1.165, 1.54) is 12.8 Å². The monoisotopic (exact) mass is 237 g/mol. The molecule has 3 heteroatoms. The minimum absolute atomic E-state index is 0.215. The summed E-state index contributed by atoms with van der Waals surface area (Å²) in [7, 11) is 0. The number of hydrogen-bond donors (Lipinski definition) is 0. The first-order chi connectivity index (χ1) is 8.31. The lowest BCUT2D eigenvalue weighted by atomic mass is 10.0. The Labute approximate surface area is 104 Å². The molecule has 0 spiro atoms. The van der Waals surface area contributed by atoms with Crippen LogP contribution < -0.4 is 0 Å². The molecule has 0 saturated carbocycles. The number of ether oxygens (including phenoxy) is 1. The maximum atomic E-state index is 12.3. The average Bonchev–Trinajstić information content (AvgIpc) is 2.67. The third kappa shape index (κ3) is 3.39. The van der Waals surface area contributed by atoms with E-state index in [0.717, 1.165) is 44.5 Å². The zero-order valence-electron chi connectivity index (χ0n) is 10.8. The topological polar surface area (TPSA) is 29.5 Å². The van der Waals surface area contributed by atoms with Crippen molar-refractivity contribution in [2.24, 2.45) is 0 Å². The fourth-order valence-electron chi connectivity index (χ4n) is 2.59. The number of allylic oxidation sites excluding steroid dienone is 1. The van der Waals surface area contributed by atoms with E-state index in [1.807, 2.05) is 0 Å². The fraction of sp³-hybridized carbons (Fsp3) is 0.786. The lowest BCUT2D eigenvalue weighted by Crippen LogP contribution is -2.46. The molecule has 0 aromatic rings. The summed E-state index contributed by atoms with van der Waals surface area (Å²) in [5, 5.41) is 0. The molecular weight excluding hydrogens is 214 g/mol. The first-order valence-corrected chi connectivity index (χ1v) is 6.88. The highest BCUT2D eigenvalue weighted by Crippen LogP contribution is 2.20. The van der Waals surface area contributed by atoms with Gasteiger partial charge in [-0.2, -0.15) is 0 Å². The quantitative estimate of drug-likeness (QED) is 0.753. The molecule has 0 amide bonds. The van der Waals surface area contributed by atoms with Gasteiger partial charge in [0.1, 0.15) is 6.10 Å². The number of hydrogen-bond acceptors (Lipinski definition) is 3. The first kappa shape index (κ1) is 12.8. The zero-order valence-corrected chi connectivity index (χ0v) is 10.8. The van der Waals surface area contributed by atoms with Crippen LogP contribution in [0.4, 0.5) is 0 Å². The van der Waals surface area contributed by atoms with Crippen LogP contribution in [0.1, 0.15) is 39.0 Å². The molecule has 2 aliphatic rings. The van der Waals surface area contributed by atoms with Gasteiger partial charge < -0.3 is 4.74 Å². The number of rotatable bonds is 3. The molecule has 1 atom stereocenters. The summed E-state index contributed by atoms with van der Waals surface area (Å²) in [6.07, 6.45) is 7.57. The maximum Gasteiger partial charge on any atom is 0.188 e. The van der Waals surface area contributed by atoms with Crippen molar-refractivity contribution >= 4 is 5.78 Å². The Bertz CT molecular complexity index is 299. The van der Waals surface area contributed by atoms with E-state index in [4.69, 9.17) is 4.74 Å². The van der Waals surface area contributed by atoms with Crippen molar-refractivity contribution in [2.45, 2.75) is 45.1 Å². The van der Waals surface area contributed by atoms with Crippen LogP contribution >= 0.6 is 0 Å². The molecule has 0 radical (unpaired) electrons. The molecule has 1 aliphatic heterocycles. The molecule has 17 heavy (non-hydrogen) atoms. The summed E-state index contributed by atoms with van der Waals surface area (Å²) < 4.78 is 5.63. The molecule has 0 aromatic heterocycles. The molecule has 1 heterocycles. The van der Waals surface area contributed by atoms with Crippen molar-refractivity contribution in [1.29, 1.82) is 0 Å². The van der Waals surface area contributed by atoms with Crippen molar-refractivity contribution in [3.8, 4) is 0 Å². The lowest BCUT2D eigenvalue weighted by molar-refractivity contribution is -0.132. The van der Waals surface area contributed by atoms with Crippen molar-refractivity contribution in [2.75, 3.05) is 26.2 Å². The van der Waals surface area contributed by atoms with Crippen molar-refractivity contribution in [1.82, 2.24) is 4.90 Å². The minimum Gasteiger partial charge on any atom is -0.367 e. The average molecular weight is 237 g/mol. The maximum absolute atomic E-state index is 12.3. The van der Waals surface area contributed by atoms with Crippen molar-refractivity contribution in [3.05, 3.63) is 11.6 Å². The highest BCUT2D eigenvalue weighted by Gasteiger charge is 2.27. The van der Waals surface area contributed by atoms with Gasteiger partial charge in [0.05, 0.1) is 6.61 Å². The molecule has 1 aliphatic carbocycles. The van der Waals surface area contributed by atoms with E-state index in [-0.39, 0.29) is 11.9 Å². The van der Waals surface area contributed by atoms with Gasteiger partial charge in [0.2, 0.25) is 0 Å².